The lowest BCUT2D eigenvalue weighted by Crippen LogP contribution is -2.40. The molecule has 0 aliphatic heterocycles. The third-order valence-electron chi connectivity index (χ3n) is 4.17. The largest absolute Gasteiger partial charge is 0.355 e. The van der Waals surface area contributed by atoms with E-state index in [4.69, 9.17) is 0 Å². The molecular weight excluding hydrogens is 224 g/mol. The molecule has 0 spiro atoms. The molecule has 0 aromatic carbocycles. The van der Waals surface area contributed by atoms with Crippen LogP contribution < -0.4 is 10.6 Å². The molecule has 0 saturated heterocycles. The molecule has 2 N–H and O–H groups in total. The summed E-state index contributed by atoms with van der Waals surface area (Å²) in [6, 6.07) is 0.616. The number of carbonyl (C=O) groups is 1. The lowest BCUT2D eigenvalue weighted by Gasteiger charge is -2.29. The van der Waals surface area contributed by atoms with E-state index in [0.29, 0.717) is 6.04 Å². The zero-order chi connectivity index (χ0) is 13.6. The first-order valence-electron chi connectivity index (χ1n) is 7.43. The van der Waals surface area contributed by atoms with Crippen LogP contribution >= 0.6 is 0 Å². The number of rotatable bonds is 6. The van der Waals surface area contributed by atoms with Gasteiger partial charge >= 0.3 is 0 Å². The first-order valence-corrected chi connectivity index (χ1v) is 7.43. The minimum Gasteiger partial charge on any atom is -0.355 e. The van der Waals surface area contributed by atoms with Crippen LogP contribution in [-0.4, -0.2) is 25.5 Å². The van der Waals surface area contributed by atoms with E-state index in [2.05, 4.69) is 31.4 Å². The molecule has 0 aromatic rings. The van der Waals surface area contributed by atoms with Crippen molar-refractivity contribution in [3.05, 3.63) is 0 Å². The van der Waals surface area contributed by atoms with Gasteiger partial charge in [-0.15, -0.1) is 0 Å². The maximum atomic E-state index is 12.1. The fourth-order valence-electron chi connectivity index (χ4n) is 2.88. The van der Waals surface area contributed by atoms with Gasteiger partial charge in [0.15, 0.2) is 0 Å². The summed E-state index contributed by atoms with van der Waals surface area (Å²) < 4.78 is 0. The second-order valence-corrected chi connectivity index (χ2v) is 6.47. The molecule has 3 nitrogen and oxygen atoms in total. The maximum Gasteiger partial charge on any atom is 0.223 e. The quantitative estimate of drug-likeness (QED) is 0.765. The Labute approximate surface area is 112 Å². The Balaban J connectivity index is 2.29. The Morgan fingerprint density at radius 1 is 1.22 bits per heavy atom. The normalized spacial score (nSPS) is 24.9. The highest BCUT2D eigenvalue weighted by atomic mass is 16.1. The third-order valence-corrected chi connectivity index (χ3v) is 4.17. The van der Waals surface area contributed by atoms with Crippen molar-refractivity contribution < 1.29 is 4.79 Å². The van der Waals surface area contributed by atoms with Crippen LogP contribution in [0, 0.1) is 11.3 Å². The van der Waals surface area contributed by atoms with Gasteiger partial charge in [-0.2, -0.15) is 0 Å². The summed E-state index contributed by atoms with van der Waals surface area (Å²) in [5, 5.41) is 6.46. The van der Waals surface area contributed by atoms with Crippen LogP contribution in [-0.2, 0) is 4.79 Å². The summed E-state index contributed by atoms with van der Waals surface area (Å²) in [5.74, 6) is 0.515. The van der Waals surface area contributed by atoms with Crippen molar-refractivity contribution in [2.75, 3.05) is 13.6 Å². The molecule has 1 saturated carbocycles. The molecule has 1 aliphatic rings. The van der Waals surface area contributed by atoms with Crippen LogP contribution in [0.5, 0.6) is 0 Å². The van der Waals surface area contributed by atoms with Crippen LogP contribution in [0.15, 0.2) is 0 Å². The number of hydrogen-bond acceptors (Lipinski definition) is 2. The highest BCUT2D eigenvalue weighted by Gasteiger charge is 2.26. The Kier molecular flexibility index (Phi) is 6.13. The van der Waals surface area contributed by atoms with E-state index in [-0.39, 0.29) is 17.2 Å². The molecular formula is C15H30N2O. The fourth-order valence-corrected chi connectivity index (χ4v) is 2.88. The summed E-state index contributed by atoms with van der Waals surface area (Å²) in [4.78, 5) is 12.1. The molecule has 0 radical (unpaired) electrons. The predicted octanol–water partition coefficient (Wildman–Crippen LogP) is 2.71. The van der Waals surface area contributed by atoms with Crippen LogP contribution in [0.3, 0.4) is 0 Å². The third kappa shape index (κ3) is 4.97. The summed E-state index contributed by atoms with van der Waals surface area (Å²) in [6.07, 6.45) is 6.67. The van der Waals surface area contributed by atoms with Gasteiger partial charge in [0.2, 0.25) is 5.91 Å². The van der Waals surface area contributed by atoms with Gasteiger partial charge in [-0.1, -0.05) is 27.2 Å². The van der Waals surface area contributed by atoms with Gasteiger partial charge in [0.25, 0.3) is 0 Å². The van der Waals surface area contributed by atoms with Gasteiger partial charge < -0.3 is 10.6 Å². The molecule has 0 heterocycles. The first-order chi connectivity index (χ1) is 8.48. The molecule has 1 amide bonds. The minimum absolute atomic E-state index is 0.229. The van der Waals surface area contributed by atoms with Crippen LogP contribution in [0.25, 0.3) is 0 Å². The predicted molar refractivity (Wildman–Crippen MR) is 76.5 cm³/mol. The van der Waals surface area contributed by atoms with E-state index in [1.165, 1.54) is 12.8 Å². The molecule has 0 bridgehead atoms. The number of hydrogen-bond donors (Lipinski definition) is 2. The van der Waals surface area contributed by atoms with Gasteiger partial charge in [0, 0.05) is 18.5 Å². The molecule has 1 fully saturated rings. The van der Waals surface area contributed by atoms with Crippen molar-refractivity contribution in [1.82, 2.24) is 10.6 Å². The Bertz CT molecular complexity index is 255. The van der Waals surface area contributed by atoms with E-state index >= 15 is 0 Å². The summed E-state index contributed by atoms with van der Waals surface area (Å²) in [5.41, 5.74) is 0.229. The summed E-state index contributed by atoms with van der Waals surface area (Å²) >= 11 is 0. The number of carbonyl (C=O) groups excluding carboxylic acids is 1. The first kappa shape index (κ1) is 15.5. The molecule has 0 atom stereocenters. The molecule has 1 aliphatic carbocycles. The van der Waals surface area contributed by atoms with E-state index in [0.717, 1.165) is 32.2 Å². The Morgan fingerprint density at radius 3 is 2.33 bits per heavy atom. The van der Waals surface area contributed by atoms with Gasteiger partial charge in [-0.05, 0) is 44.6 Å². The fraction of sp³-hybridized carbons (Fsp3) is 0.933. The van der Waals surface area contributed by atoms with Gasteiger partial charge in [0.1, 0.15) is 0 Å². The zero-order valence-corrected chi connectivity index (χ0v) is 12.5. The SMILES string of the molecule is CCCC(C)(C)CNC(=O)C1CCC(NC)CC1. The second kappa shape index (κ2) is 7.13. The maximum absolute atomic E-state index is 12.1. The second-order valence-electron chi connectivity index (χ2n) is 6.47. The van der Waals surface area contributed by atoms with Gasteiger partial charge in [-0.25, -0.2) is 0 Å². The van der Waals surface area contributed by atoms with Gasteiger partial charge in [-0.3, -0.25) is 4.79 Å². The zero-order valence-electron chi connectivity index (χ0n) is 12.5. The van der Waals surface area contributed by atoms with Crippen molar-refractivity contribution in [2.45, 2.75) is 65.3 Å². The Hall–Kier alpha value is -0.570. The summed E-state index contributed by atoms with van der Waals surface area (Å²) in [6.45, 7) is 7.47. The number of nitrogens with one attached hydrogen (secondary N) is 2. The monoisotopic (exact) mass is 254 g/mol. The van der Waals surface area contributed by atoms with Crippen molar-refractivity contribution in [1.29, 1.82) is 0 Å². The van der Waals surface area contributed by atoms with E-state index in [1.54, 1.807) is 0 Å². The standard InChI is InChI=1S/C15H30N2O/c1-5-10-15(2,3)11-17-14(18)12-6-8-13(16-4)9-7-12/h12-13,16H,5-11H2,1-4H3,(H,17,18). The highest BCUT2D eigenvalue weighted by molar-refractivity contribution is 5.78. The molecule has 18 heavy (non-hydrogen) atoms. The van der Waals surface area contributed by atoms with Crippen molar-refractivity contribution in [2.24, 2.45) is 11.3 Å². The molecule has 106 valence electrons. The Morgan fingerprint density at radius 2 is 1.83 bits per heavy atom. The van der Waals surface area contributed by atoms with Crippen molar-refractivity contribution in [3.63, 3.8) is 0 Å². The molecule has 0 aromatic heterocycles. The topological polar surface area (TPSA) is 41.1 Å². The lowest BCUT2D eigenvalue weighted by atomic mass is 9.84. The molecule has 3 heteroatoms. The van der Waals surface area contributed by atoms with Gasteiger partial charge in [0.05, 0.1) is 0 Å². The van der Waals surface area contributed by atoms with Crippen LogP contribution in [0.2, 0.25) is 0 Å². The molecule has 1 rings (SSSR count). The van der Waals surface area contributed by atoms with Crippen LogP contribution in [0.1, 0.15) is 59.3 Å². The average Bonchev–Trinajstić information content (AvgIpc) is 2.36. The molecule has 0 unspecified atom stereocenters. The van der Waals surface area contributed by atoms with Crippen molar-refractivity contribution >= 4 is 5.91 Å². The van der Waals surface area contributed by atoms with E-state index in [1.807, 2.05) is 7.05 Å². The highest BCUT2D eigenvalue weighted by Crippen LogP contribution is 2.25. The van der Waals surface area contributed by atoms with E-state index in [9.17, 15) is 4.79 Å². The number of amides is 1. The average molecular weight is 254 g/mol. The van der Waals surface area contributed by atoms with Crippen LogP contribution in [0.4, 0.5) is 0 Å². The van der Waals surface area contributed by atoms with E-state index < -0.39 is 0 Å². The lowest BCUT2D eigenvalue weighted by molar-refractivity contribution is -0.126. The van der Waals surface area contributed by atoms with Crippen molar-refractivity contribution in [3.8, 4) is 0 Å². The smallest absolute Gasteiger partial charge is 0.223 e. The minimum atomic E-state index is 0.229. The summed E-state index contributed by atoms with van der Waals surface area (Å²) in [7, 11) is 2.01.